The van der Waals surface area contributed by atoms with Gasteiger partial charge in [0.05, 0.1) is 18.6 Å². The van der Waals surface area contributed by atoms with Gasteiger partial charge in [0.25, 0.3) is 0 Å². The molecule has 0 amide bonds. The monoisotopic (exact) mass is 559 g/mol. The summed E-state index contributed by atoms with van der Waals surface area (Å²) in [5.41, 5.74) is -0.132. The number of carbonyl (C=O) groups is 2. The molecule has 1 heterocycles. The fourth-order valence-corrected chi connectivity index (χ4v) is 4.23. The van der Waals surface area contributed by atoms with E-state index in [9.17, 15) is 9.59 Å². The molecular formula is C28H34BrNO6. The van der Waals surface area contributed by atoms with Crippen LogP contribution in [0, 0.1) is 0 Å². The summed E-state index contributed by atoms with van der Waals surface area (Å²) >= 11 is 3.58. The van der Waals surface area contributed by atoms with Crippen LogP contribution < -0.4 is 4.74 Å². The number of benzene rings is 2. The van der Waals surface area contributed by atoms with Crippen molar-refractivity contribution in [3.63, 3.8) is 0 Å². The van der Waals surface area contributed by atoms with Crippen LogP contribution >= 0.6 is 15.9 Å². The van der Waals surface area contributed by atoms with Crippen LogP contribution in [0.2, 0.25) is 0 Å². The van der Waals surface area contributed by atoms with Crippen LogP contribution in [0.4, 0.5) is 0 Å². The van der Waals surface area contributed by atoms with Crippen molar-refractivity contribution >= 4 is 33.6 Å². The normalized spacial score (nSPS) is 15.0. The lowest BCUT2D eigenvalue weighted by molar-refractivity contribution is -0.169. The zero-order valence-corrected chi connectivity index (χ0v) is 23.3. The van der Waals surface area contributed by atoms with Crippen molar-refractivity contribution in [1.82, 2.24) is 0 Å². The Kier molecular flexibility index (Phi) is 8.49. The van der Waals surface area contributed by atoms with Gasteiger partial charge in [-0.2, -0.15) is 0 Å². The van der Waals surface area contributed by atoms with E-state index in [1.807, 2.05) is 48.5 Å². The van der Waals surface area contributed by atoms with Crippen LogP contribution in [-0.2, 0) is 30.5 Å². The molecule has 0 saturated heterocycles. The van der Waals surface area contributed by atoms with Gasteiger partial charge in [0.1, 0.15) is 23.6 Å². The third-order valence-corrected chi connectivity index (χ3v) is 5.80. The van der Waals surface area contributed by atoms with E-state index in [2.05, 4.69) is 21.1 Å². The molecule has 2 aromatic carbocycles. The van der Waals surface area contributed by atoms with E-state index in [0.29, 0.717) is 18.1 Å². The smallest absolute Gasteiger partial charge is 0.310 e. The summed E-state index contributed by atoms with van der Waals surface area (Å²) in [7, 11) is 0. The molecule has 194 valence electrons. The van der Waals surface area contributed by atoms with Crippen molar-refractivity contribution in [2.45, 2.75) is 84.2 Å². The van der Waals surface area contributed by atoms with E-state index in [0.717, 1.165) is 15.6 Å². The Bertz CT molecular complexity index is 1090. The molecule has 0 N–H and O–H groups in total. The summed E-state index contributed by atoms with van der Waals surface area (Å²) < 4.78 is 17.8. The molecular weight excluding hydrogens is 526 g/mol. The standard InChI is InChI=1S/C28H34BrNO6/c1-26(2,3)34-24(31)16-28(17-25(32)35-27(4,5)6)15-23(30-36-28)21-14-20(12-13-22(21)29)33-18-19-10-8-7-9-11-19/h7-14H,15-18H2,1-6H3. The molecule has 3 rings (SSSR count). The van der Waals surface area contributed by atoms with Crippen LogP contribution in [0.3, 0.4) is 0 Å². The number of ether oxygens (including phenoxy) is 3. The first-order valence-corrected chi connectivity index (χ1v) is 12.7. The van der Waals surface area contributed by atoms with Gasteiger partial charge in [-0.25, -0.2) is 0 Å². The predicted octanol–water partition coefficient (Wildman–Crippen LogP) is 6.35. The minimum Gasteiger partial charge on any atom is -0.489 e. The maximum atomic E-state index is 12.7. The van der Waals surface area contributed by atoms with Crippen LogP contribution in [0.15, 0.2) is 58.2 Å². The molecule has 0 spiro atoms. The van der Waals surface area contributed by atoms with E-state index < -0.39 is 28.7 Å². The SMILES string of the molecule is CC(C)(C)OC(=O)CC1(CC(=O)OC(C)(C)C)CC(c2cc(OCc3ccccc3)ccc2Br)=NO1. The van der Waals surface area contributed by atoms with Gasteiger partial charge < -0.3 is 19.0 Å². The quantitative estimate of drug-likeness (QED) is 0.350. The summed E-state index contributed by atoms with van der Waals surface area (Å²) in [6, 6.07) is 15.5. The lowest BCUT2D eigenvalue weighted by Gasteiger charge is -2.28. The molecule has 0 bridgehead atoms. The number of hydrogen-bond donors (Lipinski definition) is 0. The Labute approximate surface area is 221 Å². The molecule has 0 unspecified atom stereocenters. The maximum Gasteiger partial charge on any atom is 0.310 e. The fraction of sp³-hybridized carbons (Fsp3) is 0.464. The van der Waals surface area contributed by atoms with E-state index >= 15 is 0 Å². The highest BCUT2D eigenvalue weighted by molar-refractivity contribution is 9.10. The largest absolute Gasteiger partial charge is 0.489 e. The number of halogens is 1. The predicted molar refractivity (Wildman–Crippen MR) is 141 cm³/mol. The molecule has 2 aromatic rings. The minimum absolute atomic E-state index is 0.141. The lowest BCUT2D eigenvalue weighted by Crippen LogP contribution is -2.39. The second kappa shape index (κ2) is 11.0. The van der Waals surface area contributed by atoms with Crippen LogP contribution in [0.5, 0.6) is 5.75 Å². The molecule has 0 atom stereocenters. The van der Waals surface area contributed by atoms with E-state index in [1.165, 1.54) is 0 Å². The molecule has 36 heavy (non-hydrogen) atoms. The van der Waals surface area contributed by atoms with Crippen molar-refractivity contribution in [2.75, 3.05) is 0 Å². The van der Waals surface area contributed by atoms with Crippen LogP contribution in [0.1, 0.15) is 71.9 Å². The minimum atomic E-state index is -1.21. The number of hydrogen-bond acceptors (Lipinski definition) is 7. The Morgan fingerprint density at radius 1 is 0.944 bits per heavy atom. The number of oxime groups is 1. The second-order valence-electron chi connectivity index (χ2n) is 10.9. The molecule has 0 aliphatic carbocycles. The van der Waals surface area contributed by atoms with Gasteiger partial charge in [0.2, 0.25) is 0 Å². The van der Waals surface area contributed by atoms with Gasteiger partial charge in [-0.3, -0.25) is 9.59 Å². The van der Waals surface area contributed by atoms with Gasteiger partial charge >= 0.3 is 11.9 Å². The van der Waals surface area contributed by atoms with Gasteiger partial charge in [-0.05, 0) is 65.3 Å². The zero-order chi connectivity index (χ0) is 26.6. The molecule has 1 aliphatic heterocycles. The molecule has 0 aromatic heterocycles. The average molecular weight is 560 g/mol. The van der Waals surface area contributed by atoms with Crippen molar-refractivity contribution in [3.05, 3.63) is 64.1 Å². The van der Waals surface area contributed by atoms with Crippen molar-refractivity contribution in [1.29, 1.82) is 0 Å². The van der Waals surface area contributed by atoms with Crippen LogP contribution in [0.25, 0.3) is 0 Å². The van der Waals surface area contributed by atoms with E-state index in [4.69, 9.17) is 19.0 Å². The first kappa shape index (κ1) is 27.7. The van der Waals surface area contributed by atoms with Gasteiger partial charge in [-0.1, -0.05) is 51.4 Å². The number of nitrogens with zero attached hydrogens (tertiary/aromatic N) is 1. The first-order valence-electron chi connectivity index (χ1n) is 11.9. The third-order valence-electron chi connectivity index (χ3n) is 5.11. The Morgan fingerprint density at radius 3 is 2.08 bits per heavy atom. The highest BCUT2D eigenvalue weighted by Gasteiger charge is 2.46. The molecule has 0 radical (unpaired) electrons. The Hall–Kier alpha value is -2.87. The van der Waals surface area contributed by atoms with Gasteiger partial charge in [0, 0.05) is 16.5 Å². The number of rotatable bonds is 8. The summed E-state index contributed by atoms with van der Waals surface area (Å²) in [6.45, 7) is 11.2. The van der Waals surface area contributed by atoms with Crippen LogP contribution in [-0.4, -0.2) is 34.5 Å². The van der Waals surface area contributed by atoms with E-state index in [-0.39, 0.29) is 19.3 Å². The van der Waals surface area contributed by atoms with Crippen molar-refractivity contribution in [2.24, 2.45) is 5.16 Å². The molecule has 1 aliphatic rings. The Balaban J connectivity index is 1.79. The van der Waals surface area contributed by atoms with Gasteiger partial charge in [-0.15, -0.1) is 0 Å². The average Bonchev–Trinajstić information content (AvgIpc) is 3.13. The maximum absolute atomic E-state index is 12.7. The fourth-order valence-electron chi connectivity index (χ4n) is 3.76. The zero-order valence-electron chi connectivity index (χ0n) is 21.7. The highest BCUT2D eigenvalue weighted by atomic mass is 79.9. The summed E-state index contributed by atoms with van der Waals surface area (Å²) in [4.78, 5) is 31.3. The summed E-state index contributed by atoms with van der Waals surface area (Å²) in [6.07, 6.45) is -0.0527. The lowest BCUT2D eigenvalue weighted by atomic mass is 9.88. The third kappa shape index (κ3) is 8.36. The summed E-state index contributed by atoms with van der Waals surface area (Å²) in [5.74, 6) is -0.278. The topological polar surface area (TPSA) is 83.4 Å². The molecule has 8 heteroatoms. The van der Waals surface area contributed by atoms with Crippen molar-refractivity contribution in [3.8, 4) is 5.75 Å². The number of esters is 2. The van der Waals surface area contributed by atoms with E-state index in [1.54, 1.807) is 41.5 Å². The summed E-state index contributed by atoms with van der Waals surface area (Å²) in [5, 5.41) is 4.29. The highest BCUT2D eigenvalue weighted by Crippen LogP contribution is 2.37. The molecule has 0 saturated carbocycles. The van der Waals surface area contributed by atoms with Crippen molar-refractivity contribution < 1.29 is 28.6 Å². The molecule has 0 fully saturated rings. The number of carbonyl (C=O) groups excluding carboxylic acids is 2. The van der Waals surface area contributed by atoms with Gasteiger partial charge in [0.15, 0.2) is 5.60 Å². The first-order chi connectivity index (χ1) is 16.7. The molecule has 7 nitrogen and oxygen atoms in total. The Morgan fingerprint density at radius 2 is 1.53 bits per heavy atom. The second-order valence-corrected chi connectivity index (χ2v) is 11.8.